The average molecular weight is 386 g/mol. The third-order valence-electron chi connectivity index (χ3n) is 2.00. The number of methoxy groups -OCH3 is 1. The number of halogens is 1. The zero-order valence-electron chi connectivity index (χ0n) is 8.93. The molecule has 0 atom stereocenters. The zero-order valence-corrected chi connectivity index (χ0v) is 13.0. The van der Waals surface area contributed by atoms with E-state index in [1.165, 1.54) is 7.14 Å². The van der Waals surface area contributed by atoms with Gasteiger partial charge in [0.1, 0.15) is 0 Å². The Hall–Kier alpha value is -0.472. The molecule has 0 saturated heterocycles. The van der Waals surface area contributed by atoms with Gasteiger partial charge in [-0.15, -0.1) is 0 Å². The number of rotatable bonds is 3. The van der Waals surface area contributed by atoms with Gasteiger partial charge in [0.15, 0.2) is 0 Å². The SMILES string of the molecule is COc1ccc([I-]c2ccccc2)cc1.[As]. The zero-order chi connectivity index (χ0) is 10.5. The standard InChI is InChI=1S/C13H12IO.As/c1-15-13-9-7-12(8-10-13)14-11-5-3-2-4-6-11;/h2-10H,1H3;/q-1;. The molecule has 0 aliphatic rings. The minimum absolute atomic E-state index is 0. The first-order chi connectivity index (χ1) is 7.38. The van der Waals surface area contributed by atoms with Crippen molar-refractivity contribution in [2.24, 2.45) is 0 Å². The molecule has 16 heavy (non-hydrogen) atoms. The van der Waals surface area contributed by atoms with E-state index in [4.69, 9.17) is 4.74 Å². The Morgan fingerprint density at radius 1 is 0.812 bits per heavy atom. The van der Waals surface area contributed by atoms with Crippen LogP contribution in [0, 0.1) is 7.14 Å². The summed E-state index contributed by atoms with van der Waals surface area (Å²) >= 11 is -0.0449. The summed E-state index contributed by atoms with van der Waals surface area (Å²) in [4.78, 5) is 0. The molecular formula is C13H12AsIO-. The number of hydrogen-bond donors (Lipinski definition) is 0. The second kappa shape index (κ2) is 6.97. The molecule has 0 fully saturated rings. The van der Waals surface area contributed by atoms with Crippen molar-refractivity contribution in [3.05, 3.63) is 61.7 Å². The Morgan fingerprint density at radius 3 is 1.94 bits per heavy atom. The van der Waals surface area contributed by atoms with Gasteiger partial charge in [0.05, 0.1) is 0 Å². The summed E-state index contributed by atoms with van der Waals surface area (Å²) in [6.07, 6.45) is 0. The summed E-state index contributed by atoms with van der Waals surface area (Å²) < 4.78 is 7.99. The van der Waals surface area contributed by atoms with Gasteiger partial charge in [0.2, 0.25) is 0 Å². The predicted molar refractivity (Wildman–Crippen MR) is 62.6 cm³/mol. The van der Waals surface area contributed by atoms with Crippen LogP contribution in [0.1, 0.15) is 0 Å². The van der Waals surface area contributed by atoms with Gasteiger partial charge in [0.25, 0.3) is 0 Å². The number of benzene rings is 2. The Morgan fingerprint density at radius 2 is 1.38 bits per heavy atom. The van der Waals surface area contributed by atoms with Crippen LogP contribution in [0.25, 0.3) is 0 Å². The molecule has 2 aromatic carbocycles. The molecule has 0 spiro atoms. The van der Waals surface area contributed by atoms with Crippen molar-refractivity contribution in [1.82, 2.24) is 0 Å². The summed E-state index contributed by atoms with van der Waals surface area (Å²) in [5, 5.41) is 0. The molecule has 1 nitrogen and oxygen atoms in total. The van der Waals surface area contributed by atoms with Crippen LogP contribution in [-0.4, -0.2) is 25.1 Å². The van der Waals surface area contributed by atoms with E-state index in [-0.39, 0.29) is 39.2 Å². The molecule has 3 heteroatoms. The smallest absolute Gasteiger partial charge is 0 e. The van der Waals surface area contributed by atoms with E-state index >= 15 is 0 Å². The van der Waals surface area contributed by atoms with Gasteiger partial charge in [-0.25, -0.2) is 0 Å². The van der Waals surface area contributed by atoms with Crippen molar-refractivity contribution in [3.63, 3.8) is 0 Å². The molecule has 0 amide bonds. The quantitative estimate of drug-likeness (QED) is 0.508. The summed E-state index contributed by atoms with van der Waals surface area (Å²) in [5.41, 5.74) is 0. The van der Waals surface area contributed by atoms with Crippen molar-refractivity contribution in [2.45, 2.75) is 0 Å². The number of ether oxygens (including phenoxy) is 1. The average Bonchev–Trinajstić information content (AvgIpc) is 2.31. The van der Waals surface area contributed by atoms with E-state index < -0.39 is 0 Å². The molecule has 83 valence electrons. The fraction of sp³-hybridized carbons (Fsp3) is 0.0769. The van der Waals surface area contributed by atoms with Gasteiger partial charge in [0, 0.05) is 18.0 Å². The first-order valence-corrected chi connectivity index (χ1v) is 6.88. The van der Waals surface area contributed by atoms with Crippen molar-refractivity contribution in [2.75, 3.05) is 7.11 Å². The van der Waals surface area contributed by atoms with Crippen LogP contribution in [0.15, 0.2) is 54.6 Å². The maximum atomic E-state index is 5.13. The van der Waals surface area contributed by atoms with Crippen LogP contribution in [0.2, 0.25) is 0 Å². The third-order valence-corrected chi connectivity index (χ3v) is 4.68. The fourth-order valence-corrected chi connectivity index (χ4v) is 3.45. The fourth-order valence-electron chi connectivity index (χ4n) is 1.24. The van der Waals surface area contributed by atoms with Crippen LogP contribution in [-0.2, 0) is 0 Å². The third kappa shape index (κ3) is 3.84. The van der Waals surface area contributed by atoms with Crippen molar-refractivity contribution in [1.29, 1.82) is 0 Å². The van der Waals surface area contributed by atoms with Crippen LogP contribution < -0.4 is 25.9 Å². The molecule has 0 unspecified atom stereocenters. The predicted octanol–water partition coefficient (Wildman–Crippen LogP) is -0.557. The van der Waals surface area contributed by atoms with E-state index in [2.05, 4.69) is 42.5 Å². The molecule has 0 aromatic heterocycles. The van der Waals surface area contributed by atoms with Gasteiger partial charge >= 0.3 is 101 Å². The van der Waals surface area contributed by atoms with Gasteiger partial charge in [-0.1, -0.05) is 0 Å². The molecule has 0 aliphatic heterocycles. The first-order valence-electron chi connectivity index (χ1n) is 4.72. The summed E-state index contributed by atoms with van der Waals surface area (Å²) in [7, 11) is 1.70. The maximum Gasteiger partial charge on any atom is 0 e. The van der Waals surface area contributed by atoms with Crippen molar-refractivity contribution in [3.8, 4) is 5.75 Å². The van der Waals surface area contributed by atoms with Gasteiger partial charge in [-0.3, -0.25) is 0 Å². The Labute approximate surface area is 118 Å². The molecule has 0 N–H and O–H groups in total. The second-order valence-electron chi connectivity index (χ2n) is 3.05. The maximum absolute atomic E-state index is 5.13. The molecule has 0 bridgehead atoms. The minimum atomic E-state index is -0.0449. The summed E-state index contributed by atoms with van der Waals surface area (Å²) in [5.74, 6) is 0.927. The van der Waals surface area contributed by atoms with E-state index in [1.54, 1.807) is 7.11 Å². The van der Waals surface area contributed by atoms with Crippen molar-refractivity contribution < 1.29 is 25.9 Å². The molecule has 0 aliphatic carbocycles. The Bertz CT molecular complexity index is 414. The second-order valence-corrected chi connectivity index (χ2v) is 6.08. The van der Waals surface area contributed by atoms with Crippen LogP contribution in [0.4, 0.5) is 0 Å². The molecule has 2 aromatic rings. The monoisotopic (exact) mass is 386 g/mol. The van der Waals surface area contributed by atoms with E-state index in [1.807, 2.05) is 12.1 Å². The largest absolute Gasteiger partial charge is 0 e. The summed E-state index contributed by atoms with van der Waals surface area (Å²) in [6.45, 7) is 0. The Kier molecular flexibility index (Phi) is 5.92. The van der Waals surface area contributed by atoms with Crippen molar-refractivity contribution >= 4 is 18.0 Å². The molecule has 2 rings (SSSR count). The topological polar surface area (TPSA) is 9.23 Å². The molecule has 3 radical (unpaired) electrons. The van der Waals surface area contributed by atoms with E-state index in [0.29, 0.717) is 0 Å². The van der Waals surface area contributed by atoms with Crippen LogP contribution in [0.5, 0.6) is 5.75 Å². The molecule has 0 heterocycles. The van der Waals surface area contributed by atoms with Gasteiger partial charge in [-0.2, -0.15) is 0 Å². The van der Waals surface area contributed by atoms with E-state index in [9.17, 15) is 0 Å². The molecule has 0 saturated carbocycles. The molecular weight excluding hydrogens is 374 g/mol. The first kappa shape index (κ1) is 13.6. The minimum Gasteiger partial charge on any atom is 0 e. The van der Waals surface area contributed by atoms with Gasteiger partial charge in [-0.05, 0) is 0 Å². The van der Waals surface area contributed by atoms with Crippen LogP contribution in [0.3, 0.4) is 0 Å². The van der Waals surface area contributed by atoms with E-state index in [0.717, 1.165) is 5.75 Å². The Balaban J connectivity index is 0.00000128. The summed E-state index contributed by atoms with van der Waals surface area (Å²) in [6, 6.07) is 19.0. The van der Waals surface area contributed by atoms with Gasteiger partial charge < -0.3 is 0 Å². The normalized spacial score (nSPS) is 9.56. The van der Waals surface area contributed by atoms with Crippen LogP contribution >= 0.6 is 0 Å². The number of hydrogen-bond acceptors (Lipinski definition) is 1.